The zero-order valence-electron chi connectivity index (χ0n) is 13.4. The number of thiazole rings is 1. The van der Waals surface area contributed by atoms with Crippen molar-refractivity contribution in [1.29, 1.82) is 0 Å². The number of aryl methyl sites for hydroxylation is 1. The molecular formula is C16H13F3N2O4S. The molecule has 1 aromatic carbocycles. The Morgan fingerprint density at radius 2 is 1.96 bits per heavy atom. The standard InChI is InChI=1S/C16H13F3N2O4S/c1-10-20-12(9-26-10)4-7-15(23)24-8-14(22)21-11-2-5-13(6-3-11)25-16(17,18)19/h2-7,9H,8H2,1H3,(H,21,22)/b7-4+. The second-order valence-corrected chi connectivity index (χ2v) is 5.92. The lowest BCUT2D eigenvalue weighted by molar-refractivity contribution is -0.274. The number of benzene rings is 1. The third-order valence-corrected chi connectivity index (χ3v) is 3.54. The van der Waals surface area contributed by atoms with Gasteiger partial charge in [-0.15, -0.1) is 24.5 Å². The summed E-state index contributed by atoms with van der Waals surface area (Å²) in [5.74, 6) is -1.77. The molecule has 0 atom stereocenters. The van der Waals surface area contributed by atoms with Crippen molar-refractivity contribution in [3.05, 3.63) is 46.4 Å². The van der Waals surface area contributed by atoms with Crippen molar-refractivity contribution in [3.8, 4) is 5.75 Å². The Morgan fingerprint density at radius 3 is 2.54 bits per heavy atom. The van der Waals surface area contributed by atoms with Gasteiger partial charge in [0.15, 0.2) is 6.61 Å². The molecule has 0 saturated heterocycles. The Morgan fingerprint density at radius 1 is 1.27 bits per heavy atom. The lowest BCUT2D eigenvalue weighted by Gasteiger charge is -2.10. The predicted molar refractivity (Wildman–Crippen MR) is 88.6 cm³/mol. The molecular weight excluding hydrogens is 373 g/mol. The number of anilines is 1. The molecule has 10 heteroatoms. The molecule has 1 aromatic heterocycles. The predicted octanol–water partition coefficient (Wildman–Crippen LogP) is 3.55. The van der Waals surface area contributed by atoms with E-state index in [1.165, 1.54) is 29.5 Å². The number of amides is 1. The first-order valence-electron chi connectivity index (χ1n) is 7.14. The van der Waals surface area contributed by atoms with Crippen molar-refractivity contribution in [2.75, 3.05) is 11.9 Å². The molecule has 2 aromatic rings. The van der Waals surface area contributed by atoms with Gasteiger partial charge in [-0.05, 0) is 37.3 Å². The molecule has 6 nitrogen and oxygen atoms in total. The number of nitrogens with zero attached hydrogens (tertiary/aromatic N) is 1. The van der Waals surface area contributed by atoms with Gasteiger partial charge in [0.2, 0.25) is 0 Å². The van der Waals surface area contributed by atoms with Gasteiger partial charge in [0.05, 0.1) is 10.7 Å². The van der Waals surface area contributed by atoms with Crippen LogP contribution in [0.15, 0.2) is 35.7 Å². The Kier molecular flexibility index (Phi) is 6.34. The first-order valence-corrected chi connectivity index (χ1v) is 8.02. The number of halogens is 3. The fourth-order valence-corrected chi connectivity index (χ4v) is 2.31. The monoisotopic (exact) mass is 386 g/mol. The van der Waals surface area contributed by atoms with E-state index in [-0.39, 0.29) is 5.69 Å². The van der Waals surface area contributed by atoms with E-state index in [9.17, 15) is 22.8 Å². The summed E-state index contributed by atoms with van der Waals surface area (Å²) < 4.78 is 44.6. The van der Waals surface area contributed by atoms with Gasteiger partial charge in [-0.1, -0.05) is 0 Å². The summed E-state index contributed by atoms with van der Waals surface area (Å²) in [5, 5.41) is 4.99. The van der Waals surface area contributed by atoms with E-state index in [4.69, 9.17) is 4.74 Å². The van der Waals surface area contributed by atoms with Gasteiger partial charge in [0.25, 0.3) is 5.91 Å². The molecule has 0 bridgehead atoms. The maximum absolute atomic E-state index is 12.1. The van der Waals surface area contributed by atoms with Crippen molar-refractivity contribution in [2.45, 2.75) is 13.3 Å². The highest BCUT2D eigenvalue weighted by Crippen LogP contribution is 2.23. The van der Waals surface area contributed by atoms with Crippen LogP contribution in [0.2, 0.25) is 0 Å². The van der Waals surface area contributed by atoms with Gasteiger partial charge < -0.3 is 14.8 Å². The van der Waals surface area contributed by atoms with Gasteiger partial charge >= 0.3 is 12.3 Å². The molecule has 26 heavy (non-hydrogen) atoms. The van der Waals surface area contributed by atoms with E-state index >= 15 is 0 Å². The number of nitrogens with one attached hydrogen (secondary N) is 1. The second kappa shape index (κ2) is 8.48. The highest BCUT2D eigenvalue weighted by Gasteiger charge is 2.30. The second-order valence-electron chi connectivity index (χ2n) is 4.85. The molecule has 0 radical (unpaired) electrons. The Bertz CT molecular complexity index is 801. The van der Waals surface area contributed by atoms with Gasteiger partial charge in [-0.25, -0.2) is 9.78 Å². The minimum Gasteiger partial charge on any atom is -0.452 e. The summed E-state index contributed by atoms with van der Waals surface area (Å²) in [6, 6.07) is 4.55. The number of hydrogen-bond donors (Lipinski definition) is 1. The number of hydrogen-bond acceptors (Lipinski definition) is 6. The van der Waals surface area contributed by atoms with Crippen LogP contribution in [-0.2, 0) is 14.3 Å². The van der Waals surface area contributed by atoms with Crippen molar-refractivity contribution in [1.82, 2.24) is 4.98 Å². The molecule has 0 fully saturated rings. The smallest absolute Gasteiger partial charge is 0.452 e. The van der Waals surface area contributed by atoms with Crippen LogP contribution in [0.3, 0.4) is 0 Å². The van der Waals surface area contributed by atoms with Gasteiger partial charge in [-0.2, -0.15) is 0 Å². The van der Waals surface area contributed by atoms with E-state index in [1.807, 2.05) is 6.92 Å². The minimum atomic E-state index is -4.79. The van der Waals surface area contributed by atoms with Crippen LogP contribution < -0.4 is 10.1 Å². The Labute approximate surface area is 150 Å². The summed E-state index contributed by atoms with van der Waals surface area (Å²) in [6.45, 7) is 1.28. The van der Waals surface area contributed by atoms with Crippen molar-refractivity contribution >= 4 is 35.0 Å². The maximum Gasteiger partial charge on any atom is 0.573 e. The number of carbonyl (C=O) groups excluding carboxylic acids is 2. The van der Waals surface area contributed by atoms with E-state index in [0.717, 1.165) is 23.2 Å². The molecule has 0 spiro atoms. The van der Waals surface area contributed by atoms with Gasteiger partial charge in [0, 0.05) is 17.1 Å². The highest BCUT2D eigenvalue weighted by molar-refractivity contribution is 7.09. The number of aromatic nitrogens is 1. The topological polar surface area (TPSA) is 77.5 Å². The molecule has 1 N–H and O–H groups in total. The molecule has 0 aliphatic carbocycles. The number of alkyl halides is 3. The normalized spacial score (nSPS) is 11.4. The number of esters is 1. The van der Waals surface area contributed by atoms with Gasteiger partial charge in [0.1, 0.15) is 5.75 Å². The summed E-state index contributed by atoms with van der Waals surface area (Å²) in [6.07, 6.45) is -2.18. The van der Waals surface area contributed by atoms with E-state index in [2.05, 4.69) is 15.0 Å². The molecule has 138 valence electrons. The molecule has 2 rings (SSSR count). The van der Waals surface area contributed by atoms with Crippen LogP contribution in [-0.4, -0.2) is 29.8 Å². The van der Waals surface area contributed by atoms with E-state index in [0.29, 0.717) is 5.69 Å². The van der Waals surface area contributed by atoms with Gasteiger partial charge in [-0.3, -0.25) is 4.79 Å². The van der Waals surface area contributed by atoms with Crippen LogP contribution in [0.4, 0.5) is 18.9 Å². The van der Waals surface area contributed by atoms with Crippen molar-refractivity contribution in [3.63, 3.8) is 0 Å². The molecule has 0 unspecified atom stereocenters. The third-order valence-electron chi connectivity index (χ3n) is 2.74. The summed E-state index contributed by atoms with van der Waals surface area (Å²) in [4.78, 5) is 27.3. The summed E-state index contributed by atoms with van der Waals surface area (Å²) >= 11 is 1.43. The van der Waals surface area contributed by atoms with Crippen LogP contribution in [0.5, 0.6) is 5.75 Å². The van der Waals surface area contributed by atoms with Crippen molar-refractivity contribution < 1.29 is 32.2 Å². The maximum atomic E-state index is 12.1. The SMILES string of the molecule is Cc1nc(/C=C/C(=O)OCC(=O)Nc2ccc(OC(F)(F)F)cc2)cs1. The first-order chi connectivity index (χ1) is 12.2. The number of carbonyl (C=O) groups is 2. The first kappa shape index (κ1) is 19.4. The van der Waals surface area contributed by atoms with E-state index < -0.39 is 30.6 Å². The fraction of sp³-hybridized carbons (Fsp3) is 0.188. The zero-order chi connectivity index (χ0) is 19.2. The van der Waals surface area contributed by atoms with E-state index in [1.54, 1.807) is 5.38 Å². The Hall–Kier alpha value is -2.88. The summed E-state index contributed by atoms with van der Waals surface area (Å²) in [5.41, 5.74) is 0.837. The molecule has 0 aliphatic rings. The van der Waals surface area contributed by atoms with Crippen molar-refractivity contribution in [2.24, 2.45) is 0 Å². The zero-order valence-corrected chi connectivity index (χ0v) is 14.2. The molecule has 0 aliphatic heterocycles. The lowest BCUT2D eigenvalue weighted by atomic mass is 10.3. The molecule has 0 saturated carbocycles. The van der Waals surface area contributed by atoms with Crippen LogP contribution in [0.1, 0.15) is 10.7 Å². The highest BCUT2D eigenvalue weighted by atomic mass is 32.1. The number of ether oxygens (including phenoxy) is 2. The third kappa shape index (κ3) is 6.93. The average molecular weight is 386 g/mol. The summed E-state index contributed by atoms with van der Waals surface area (Å²) in [7, 11) is 0. The lowest BCUT2D eigenvalue weighted by Crippen LogP contribution is -2.20. The average Bonchev–Trinajstić information content (AvgIpc) is 2.97. The Balaban J connectivity index is 1.77. The fourth-order valence-electron chi connectivity index (χ4n) is 1.73. The van der Waals surface area contributed by atoms with Crippen LogP contribution >= 0.6 is 11.3 Å². The van der Waals surface area contributed by atoms with Crippen LogP contribution in [0, 0.1) is 6.92 Å². The largest absolute Gasteiger partial charge is 0.573 e. The number of rotatable bonds is 6. The quantitative estimate of drug-likeness (QED) is 0.607. The molecule has 1 amide bonds. The van der Waals surface area contributed by atoms with Crippen LogP contribution in [0.25, 0.3) is 6.08 Å². The molecule has 1 heterocycles. The minimum absolute atomic E-state index is 0.231.